The van der Waals surface area contributed by atoms with Crippen LogP contribution in [-0.2, 0) is 10.4 Å². The fraction of sp³-hybridized carbons (Fsp3) is 0.192. The highest BCUT2D eigenvalue weighted by Crippen LogP contribution is 2.54. The SMILES string of the molecule is CCC[C@@H]1C(=O)C(c2ccccc2)=C(c2ccccc2)[C@@]1(O)c1ccccc1. The van der Waals surface area contributed by atoms with Crippen LogP contribution in [0.3, 0.4) is 0 Å². The second-order valence-electron chi connectivity index (χ2n) is 7.32. The van der Waals surface area contributed by atoms with Crippen molar-refractivity contribution in [3.8, 4) is 0 Å². The van der Waals surface area contributed by atoms with Gasteiger partial charge in [0.2, 0.25) is 0 Å². The van der Waals surface area contributed by atoms with Crippen molar-refractivity contribution in [1.29, 1.82) is 0 Å². The molecule has 140 valence electrons. The molecule has 0 fully saturated rings. The van der Waals surface area contributed by atoms with Crippen LogP contribution in [0.4, 0.5) is 0 Å². The minimum Gasteiger partial charge on any atom is -0.380 e. The highest BCUT2D eigenvalue weighted by molar-refractivity contribution is 6.33. The molecule has 0 aromatic heterocycles. The fourth-order valence-electron chi connectivity index (χ4n) is 4.38. The first-order chi connectivity index (χ1) is 13.7. The van der Waals surface area contributed by atoms with E-state index < -0.39 is 11.5 Å². The summed E-state index contributed by atoms with van der Waals surface area (Å²) >= 11 is 0. The summed E-state index contributed by atoms with van der Waals surface area (Å²) in [5.41, 5.74) is 2.53. The molecule has 2 atom stereocenters. The lowest BCUT2D eigenvalue weighted by atomic mass is 9.75. The van der Waals surface area contributed by atoms with E-state index in [1.54, 1.807) is 0 Å². The molecule has 1 N–H and O–H groups in total. The third-order valence-electron chi connectivity index (χ3n) is 5.61. The normalized spacial score (nSPS) is 21.9. The predicted octanol–water partition coefficient (Wildman–Crippen LogP) is 5.48. The number of allylic oxidation sites excluding steroid dienone is 1. The second kappa shape index (κ2) is 7.57. The lowest BCUT2D eigenvalue weighted by Gasteiger charge is -2.33. The largest absolute Gasteiger partial charge is 0.380 e. The van der Waals surface area contributed by atoms with Gasteiger partial charge in [-0.05, 0) is 23.1 Å². The fourth-order valence-corrected chi connectivity index (χ4v) is 4.38. The molecule has 1 aliphatic rings. The predicted molar refractivity (Wildman–Crippen MR) is 113 cm³/mol. The summed E-state index contributed by atoms with van der Waals surface area (Å²) in [6.07, 6.45) is 1.46. The van der Waals surface area contributed by atoms with Crippen LogP contribution < -0.4 is 0 Å². The van der Waals surface area contributed by atoms with Crippen molar-refractivity contribution in [2.45, 2.75) is 25.4 Å². The summed E-state index contributed by atoms with van der Waals surface area (Å²) in [4.78, 5) is 13.7. The van der Waals surface area contributed by atoms with E-state index in [1.165, 1.54) is 0 Å². The van der Waals surface area contributed by atoms with E-state index >= 15 is 0 Å². The molecule has 3 aromatic carbocycles. The number of ketones is 1. The molecule has 0 bridgehead atoms. The Morgan fingerprint density at radius 2 is 1.29 bits per heavy atom. The van der Waals surface area contributed by atoms with Crippen molar-refractivity contribution in [2.24, 2.45) is 5.92 Å². The molecule has 2 nitrogen and oxygen atoms in total. The number of hydrogen-bond acceptors (Lipinski definition) is 2. The smallest absolute Gasteiger partial charge is 0.170 e. The standard InChI is InChI=1S/C26H24O2/c1-2-12-22-25(27)23(19-13-6-3-7-14-19)24(20-15-8-4-9-16-20)26(22,28)21-17-10-5-11-18-21/h3-11,13-18,22,28H,2,12H2,1H3/t22-,26-/m1/s1. The van der Waals surface area contributed by atoms with Gasteiger partial charge in [0.1, 0.15) is 5.60 Å². The van der Waals surface area contributed by atoms with Crippen molar-refractivity contribution >= 4 is 16.9 Å². The van der Waals surface area contributed by atoms with Crippen molar-refractivity contribution in [3.63, 3.8) is 0 Å². The Bertz CT molecular complexity index is 990. The Hall–Kier alpha value is -2.97. The monoisotopic (exact) mass is 368 g/mol. The van der Waals surface area contributed by atoms with E-state index in [0.29, 0.717) is 17.6 Å². The summed E-state index contributed by atoms with van der Waals surface area (Å²) in [7, 11) is 0. The lowest BCUT2D eigenvalue weighted by Crippen LogP contribution is -2.35. The summed E-state index contributed by atoms with van der Waals surface area (Å²) in [6.45, 7) is 2.06. The molecular weight excluding hydrogens is 344 g/mol. The number of hydrogen-bond donors (Lipinski definition) is 1. The summed E-state index contributed by atoms with van der Waals surface area (Å²) < 4.78 is 0. The number of aliphatic hydroxyl groups is 1. The van der Waals surface area contributed by atoms with Crippen LogP contribution in [0.5, 0.6) is 0 Å². The average Bonchev–Trinajstić information content (AvgIpc) is 2.98. The van der Waals surface area contributed by atoms with Gasteiger partial charge in [-0.3, -0.25) is 4.79 Å². The summed E-state index contributed by atoms with van der Waals surface area (Å²) in [6, 6.07) is 29.2. The van der Waals surface area contributed by atoms with Crippen molar-refractivity contribution < 1.29 is 9.90 Å². The van der Waals surface area contributed by atoms with Crippen molar-refractivity contribution in [2.75, 3.05) is 0 Å². The van der Waals surface area contributed by atoms with E-state index in [4.69, 9.17) is 0 Å². The number of benzene rings is 3. The number of carbonyl (C=O) groups is 1. The molecule has 1 aliphatic carbocycles. The van der Waals surface area contributed by atoms with Gasteiger partial charge in [-0.15, -0.1) is 0 Å². The number of carbonyl (C=O) groups excluding carboxylic acids is 1. The van der Waals surface area contributed by atoms with Gasteiger partial charge in [-0.2, -0.15) is 0 Å². The Morgan fingerprint density at radius 1 is 0.786 bits per heavy atom. The topological polar surface area (TPSA) is 37.3 Å². The maximum Gasteiger partial charge on any atom is 0.170 e. The molecule has 0 spiro atoms. The van der Waals surface area contributed by atoms with Crippen LogP contribution in [-0.4, -0.2) is 10.9 Å². The molecule has 3 aromatic rings. The first-order valence-electron chi connectivity index (χ1n) is 9.85. The Balaban J connectivity index is 2.05. The van der Waals surface area contributed by atoms with Gasteiger partial charge < -0.3 is 5.11 Å². The van der Waals surface area contributed by atoms with Crippen LogP contribution in [0, 0.1) is 5.92 Å². The van der Waals surface area contributed by atoms with Crippen LogP contribution in [0.25, 0.3) is 11.1 Å². The van der Waals surface area contributed by atoms with Gasteiger partial charge in [0, 0.05) is 11.1 Å². The maximum absolute atomic E-state index is 13.7. The highest BCUT2D eigenvalue weighted by atomic mass is 16.3. The molecule has 0 heterocycles. The zero-order valence-corrected chi connectivity index (χ0v) is 16.0. The molecule has 0 amide bonds. The van der Waals surface area contributed by atoms with Crippen LogP contribution >= 0.6 is 0 Å². The van der Waals surface area contributed by atoms with E-state index in [2.05, 4.69) is 6.92 Å². The second-order valence-corrected chi connectivity index (χ2v) is 7.32. The molecular formula is C26H24O2. The van der Waals surface area contributed by atoms with Gasteiger partial charge in [-0.25, -0.2) is 0 Å². The Morgan fingerprint density at radius 3 is 1.82 bits per heavy atom. The molecule has 2 heteroatoms. The highest BCUT2D eigenvalue weighted by Gasteiger charge is 2.53. The molecule has 0 aliphatic heterocycles. The van der Waals surface area contributed by atoms with Gasteiger partial charge in [-0.1, -0.05) is 104 Å². The average molecular weight is 368 g/mol. The quantitative estimate of drug-likeness (QED) is 0.647. The van der Waals surface area contributed by atoms with E-state index in [1.807, 2.05) is 91.0 Å². The zero-order chi connectivity index (χ0) is 19.6. The molecule has 0 radical (unpaired) electrons. The Kier molecular flexibility index (Phi) is 4.97. The van der Waals surface area contributed by atoms with E-state index in [0.717, 1.165) is 23.1 Å². The van der Waals surface area contributed by atoms with Gasteiger partial charge >= 0.3 is 0 Å². The van der Waals surface area contributed by atoms with Crippen molar-refractivity contribution in [1.82, 2.24) is 0 Å². The number of Topliss-reactive ketones (excluding diaryl/α,β-unsaturated/α-hetero) is 1. The van der Waals surface area contributed by atoms with Crippen LogP contribution in [0.1, 0.15) is 36.5 Å². The molecule has 0 saturated carbocycles. The molecule has 0 unspecified atom stereocenters. The Labute approximate surface area is 166 Å². The zero-order valence-electron chi connectivity index (χ0n) is 16.0. The minimum atomic E-state index is -1.35. The first kappa shape index (κ1) is 18.4. The van der Waals surface area contributed by atoms with Gasteiger partial charge in [0.25, 0.3) is 0 Å². The van der Waals surface area contributed by atoms with Crippen LogP contribution in [0.15, 0.2) is 91.0 Å². The molecule has 0 saturated heterocycles. The maximum atomic E-state index is 13.7. The summed E-state index contributed by atoms with van der Waals surface area (Å²) in [5.74, 6) is -0.469. The van der Waals surface area contributed by atoms with E-state index in [-0.39, 0.29) is 5.78 Å². The summed E-state index contributed by atoms with van der Waals surface area (Å²) in [5, 5.41) is 12.2. The number of rotatable bonds is 5. The van der Waals surface area contributed by atoms with E-state index in [9.17, 15) is 9.90 Å². The molecule has 28 heavy (non-hydrogen) atoms. The first-order valence-corrected chi connectivity index (χ1v) is 9.85. The third kappa shape index (κ3) is 2.90. The van der Waals surface area contributed by atoms with Crippen LogP contribution in [0.2, 0.25) is 0 Å². The lowest BCUT2D eigenvalue weighted by molar-refractivity contribution is -0.122. The third-order valence-corrected chi connectivity index (χ3v) is 5.61. The van der Waals surface area contributed by atoms with Gasteiger partial charge in [0.15, 0.2) is 5.78 Å². The van der Waals surface area contributed by atoms with Crippen molar-refractivity contribution in [3.05, 3.63) is 108 Å². The minimum absolute atomic E-state index is 0.0262. The molecule has 4 rings (SSSR count). The van der Waals surface area contributed by atoms with Gasteiger partial charge in [0.05, 0.1) is 5.92 Å².